The van der Waals surface area contributed by atoms with Crippen molar-refractivity contribution in [2.45, 2.75) is 37.1 Å². The van der Waals surface area contributed by atoms with Gasteiger partial charge in [0.2, 0.25) is 0 Å². The van der Waals surface area contributed by atoms with Crippen LogP contribution in [0.5, 0.6) is 0 Å². The molecule has 1 unspecified atom stereocenters. The third-order valence-corrected chi connectivity index (χ3v) is 5.10. The molecule has 4 bridgehead atoms. The third-order valence-electron chi connectivity index (χ3n) is 5.10. The van der Waals surface area contributed by atoms with Crippen LogP contribution in [0.3, 0.4) is 0 Å². The summed E-state index contributed by atoms with van der Waals surface area (Å²) in [6, 6.07) is 8.44. The number of carbonyl (C=O) groups excluding carboxylic acids is 1. The molecule has 1 aliphatic carbocycles. The number of nitrogens with zero attached hydrogens (tertiary/aromatic N) is 1. The van der Waals surface area contributed by atoms with Crippen LogP contribution in [0.25, 0.3) is 0 Å². The maximum Gasteiger partial charge on any atom is 0.150 e. The summed E-state index contributed by atoms with van der Waals surface area (Å²) in [4.78, 5) is 12.9. The maximum absolute atomic E-state index is 10.7. The van der Waals surface area contributed by atoms with Crippen molar-refractivity contribution in [2.75, 3.05) is 0 Å². The van der Waals surface area contributed by atoms with Gasteiger partial charge in [0.25, 0.3) is 0 Å². The molecular weight excluding hydrogens is 238 g/mol. The van der Waals surface area contributed by atoms with Crippen molar-refractivity contribution in [3.63, 3.8) is 0 Å². The lowest BCUT2D eigenvalue weighted by molar-refractivity contribution is 0.101. The molecule has 0 radical (unpaired) electrons. The molecule has 1 aromatic carbocycles. The predicted molar refractivity (Wildman–Crippen MR) is 71.9 cm³/mol. The molecule has 5 rings (SSSR count). The van der Waals surface area contributed by atoms with Crippen molar-refractivity contribution in [2.24, 2.45) is 5.92 Å². The van der Waals surface area contributed by atoms with E-state index >= 15 is 0 Å². The highest BCUT2D eigenvalue weighted by Crippen LogP contribution is 2.60. The van der Waals surface area contributed by atoms with E-state index in [-0.39, 0.29) is 6.04 Å². The first-order valence-electron chi connectivity index (χ1n) is 6.89. The third kappa shape index (κ3) is 1.37. The van der Waals surface area contributed by atoms with Crippen molar-refractivity contribution in [3.05, 3.63) is 47.5 Å². The fraction of sp³-hybridized carbons (Fsp3) is 0.438. The standard InChI is InChI=1S/C16H17NO2/c1-10(12-4-2-11(9-18)3-5-12)15-13-6-7-14-16(19,8-13)17(14)15/h2-7,9-10,13-15,19H,8H2,1H3/t10-,13-,14+,15+,16+,17?/m1/s1. The second-order valence-electron chi connectivity index (χ2n) is 6.05. The second-order valence-corrected chi connectivity index (χ2v) is 6.05. The molecule has 0 saturated carbocycles. The molecule has 98 valence electrons. The lowest BCUT2D eigenvalue weighted by Crippen LogP contribution is -2.33. The summed E-state index contributed by atoms with van der Waals surface area (Å²) in [7, 11) is 0. The molecule has 19 heavy (non-hydrogen) atoms. The number of rotatable bonds is 3. The van der Waals surface area contributed by atoms with Crippen molar-refractivity contribution in [3.8, 4) is 0 Å². The van der Waals surface area contributed by atoms with Crippen LogP contribution in [0, 0.1) is 5.92 Å². The number of carbonyl (C=O) groups is 1. The zero-order valence-corrected chi connectivity index (χ0v) is 10.9. The Morgan fingerprint density at radius 3 is 2.63 bits per heavy atom. The SMILES string of the molecule is C[C@H](c1ccc(C=O)cc1)[C@H]1[C@@H]2C=C[C@@H]3N1[C@]3(O)C2. The Balaban J connectivity index is 1.63. The van der Waals surface area contributed by atoms with Crippen molar-refractivity contribution in [1.29, 1.82) is 0 Å². The number of aldehydes is 1. The van der Waals surface area contributed by atoms with E-state index in [1.807, 2.05) is 24.3 Å². The molecule has 1 aromatic rings. The Kier molecular flexibility index (Phi) is 2.13. The van der Waals surface area contributed by atoms with Gasteiger partial charge in [0.05, 0.1) is 6.04 Å². The predicted octanol–water partition coefficient (Wildman–Crippen LogP) is 1.93. The number of piperidine rings is 1. The summed E-state index contributed by atoms with van der Waals surface area (Å²) in [5, 5.41) is 10.4. The summed E-state index contributed by atoms with van der Waals surface area (Å²) in [5.74, 6) is 0.824. The molecule has 0 aromatic heterocycles. The van der Waals surface area contributed by atoms with Gasteiger partial charge in [0.1, 0.15) is 12.0 Å². The van der Waals surface area contributed by atoms with Gasteiger partial charge in [-0.3, -0.25) is 9.69 Å². The van der Waals surface area contributed by atoms with Crippen LogP contribution in [0.1, 0.15) is 35.2 Å². The van der Waals surface area contributed by atoms with Crippen molar-refractivity contribution >= 4 is 6.29 Å². The fourth-order valence-electron chi connectivity index (χ4n) is 4.07. The van der Waals surface area contributed by atoms with Gasteiger partial charge in [-0.1, -0.05) is 43.3 Å². The molecule has 2 saturated heterocycles. The second kappa shape index (κ2) is 3.56. The van der Waals surface area contributed by atoms with E-state index in [1.54, 1.807) is 0 Å². The summed E-state index contributed by atoms with van der Waals surface area (Å²) in [6.07, 6.45) is 6.16. The minimum atomic E-state index is -0.554. The average molecular weight is 255 g/mol. The molecular formula is C16H17NO2. The van der Waals surface area contributed by atoms with Crippen LogP contribution < -0.4 is 0 Å². The zero-order chi connectivity index (χ0) is 13.2. The molecule has 0 spiro atoms. The van der Waals surface area contributed by atoms with Gasteiger partial charge in [0.15, 0.2) is 0 Å². The van der Waals surface area contributed by atoms with E-state index in [2.05, 4.69) is 24.0 Å². The van der Waals surface area contributed by atoms with Crippen molar-refractivity contribution < 1.29 is 9.90 Å². The Morgan fingerprint density at radius 2 is 2.11 bits per heavy atom. The smallest absolute Gasteiger partial charge is 0.150 e. The molecule has 3 heteroatoms. The first-order valence-corrected chi connectivity index (χ1v) is 6.89. The van der Waals surface area contributed by atoms with Crippen molar-refractivity contribution in [1.82, 2.24) is 4.90 Å². The van der Waals surface area contributed by atoms with E-state index in [1.165, 1.54) is 5.56 Å². The lowest BCUT2D eigenvalue weighted by Gasteiger charge is -2.30. The normalized spacial score (nSPS) is 43.1. The first-order chi connectivity index (χ1) is 9.15. The molecule has 1 N–H and O–H groups in total. The maximum atomic E-state index is 10.7. The van der Waals surface area contributed by atoms with Gasteiger partial charge >= 0.3 is 0 Å². The highest BCUT2D eigenvalue weighted by atomic mass is 16.3. The molecule has 6 atom stereocenters. The van der Waals surface area contributed by atoms with Crippen LogP contribution in [0.2, 0.25) is 0 Å². The quantitative estimate of drug-likeness (QED) is 0.510. The summed E-state index contributed by atoms with van der Waals surface area (Å²) < 4.78 is 0. The van der Waals surface area contributed by atoms with E-state index in [4.69, 9.17) is 0 Å². The highest BCUT2D eigenvalue weighted by Gasteiger charge is 2.72. The van der Waals surface area contributed by atoms with Gasteiger partial charge in [-0.05, 0) is 23.8 Å². The molecule has 2 fully saturated rings. The van der Waals surface area contributed by atoms with Crippen LogP contribution in [0.15, 0.2) is 36.4 Å². The largest absolute Gasteiger partial charge is 0.374 e. The van der Waals surface area contributed by atoms with E-state index in [9.17, 15) is 9.90 Å². The summed E-state index contributed by atoms with van der Waals surface area (Å²) >= 11 is 0. The minimum Gasteiger partial charge on any atom is -0.374 e. The Bertz CT molecular complexity index is 565. The summed E-state index contributed by atoms with van der Waals surface area (Å²) in [5.41, 5.74) is 1.40. The van der Waals surface area contributed by atoms with E-state index < -0.39 is 5.72 Å². The molecule has 3 aliphatic heterocycles. The Morgan fingerprint density at radius 1 is 1.37 bits per heavy atom. The van der Waals surface area contributed by atoms with E-state index in [0.717, 1.165) is 12.7 Å². The van der Waals surface area contributed by atoms with Gasteiger partial charge in [-0.2, -0.15) is 0 Å². The van der Waals surface area contributed by atoms with Crippen LogP contribution in [-0.2, 0) is 0 Å². The van der Waals surface area contributed by atoms with Gasteiger partial charge in [0, 0.05) is 11.6 Å². The average Bonchev–Trinajstić information content (AvgIpc) is 2.96. The topological polar surface area (TPSA) is 40.3 Å². The lowest BCUT2D eigenvalue weighted by atomic mass is 9.80. The number of hydrogen-bond acceptors (Lipinski definition) is 3. The fourth-order valence-corrected chi connectivity index (χ4v) is 4.07. The zero-order valence-electron chi connectivity index (χ0n) is 10.9. The number of hydrogen-bond donors (Lipinski definition) is 1. The van der Waals surface area contributed by atoms with Gasteiger partial charge in [-0.25, -0.2) is 0 Å². The minimum absolute atomic E-state index is 0.235. The highest BCUT2D eigenvalue weighted by molar-refractivity contribution is 5.74. The first kappa shape index (κ1) is 11.4. The number of aliphatic hydroxyl groups is 1. The summed E-state index contributed by atoms with van der Waals surface area (Å²) in [6.45, 7) is 2.22. The Labute approximate surface area is 112 Å². The molecule has 4 aliphatic rings. The Hall–Kier alpha value is -1.45. The number of benzene rings is 1. The molecule has 3 nitrogen and oxygen atoms in total. The van der Waals surface area contributed by atoms with Gasteiger partial charge in [-0.15, -0.1) is 0 Å². The van der Waals surface area contributed by atoms with Crippen LogP contribution in [0.4, 0.5) is 0 Å². The monoisotopic (exact) mass is 255 g/mol. The molecule has 0 amide bonds. The van der Waals surface area contributed by atoms with Crippen LogP contribution in [-0.4, -0.2) is 34.1 Å². The van der Waals surface area contributed by atoms with Crippen LogP contribution >= 0.6 is 0 Å². The van der Waals surface area contributed by atoms with E-state index in [0.29, 0.717) is 23.4 Å². The molecule has 3 heterocycles. The van der Waals surface area contributed by atoms with Gasteiger partial charge < -0.3 is 5.11 Å².